The second-order valence-corrected chi connectivity index (χ2v) is 3.09. The van der Waals surface area contributed by atoms with Crippen LogP contribution in [0.25, 0.3) is 0 Å². The van der Waals surface area contributed by atoms with E-state index in [-0.39, 0.29) is 12.5 Å². The first-order valence-corrected chi connectivity index (χ1v) is 3.91. The minimum absolute atomic E-state index is 0.0836. The molecule has 0 aromatic rings. The predicted molar refractivity (Wildman–Crippen MR) is 40.9 cm³/mol. The molecule has 0 saturated heterocycles. The van der Waals surface area contributed by atoms with Crippen LogP contribution in [0.4, 0.5) is 8.78 Å². The predicted octanol–water partition coefficient (Wildman–Crippen LogP) is 2.85. The molecule has 0 aromatic carbocycles. The Balaban J connectivity index is 3.15. The SMILES string of the molecule is CC(C)OCCCC(C)(F)F. The Morgan fingerprint density at radius 2 is 1.91 bits per heavy atom. The average Bonchev–Trinajstić information content (AvgIpc) is 1.78. The van der Waals surface area contributed by atoms with E-state index in [4.69, 9.17) is 4.74 Å². The molecule has 0 rings (SSSR count). The topological polar surface area (TPSA) is 9.23 Å². The lowest BCUT2D eigenvalue weighted by atomic mass is 10.2. The van der Waals surface area contributed by atoms with Crippen LogP contribution in [0, 0.1) is 0 Å². The van der Waals surface area contributed by atoms with Gasteiger partial charge in [0.1, 0.15) is 0 Å². The van der Waals surface area contributed by atoms with Gasteiger partial charge in [0, 0.05) is 13.0 Å². The van der Waals surface area contributed by atoms with Crippen LogP contribution < -0.4 is 0 Å². The largest absolute Gasteiger partial charge is 0.379 e. The number of rotatable bonds is 5. The van der Waals surface area contributed by atoms with E-state index in [0.29, 0.717) is 13.0 Å². The highest BCUT2D eigenvalue weighted by atomic mass is 19.3. The summed E-state index contributed by atoms with van der Waals surface area (Å²) in [4.78, 5) is 0. The molecular weight excluding hydrogens is 150 g/mol. The van der Waals surface area contributed by atoms with Gasteiger partial charge in [-0.3, -0.25) is 0 Å². The zero-order chi connectivity index (χ0) is 8.91. The number of hydrogen-bond donors (Lipinski definition) is 0. The highest BCUT2D eigenvalue weighted by Gasteiger charge is 2.19. The van der Waals surface area contributed by atoms with Gasteiger partial charge in [-0.15, -0.1) is 0 Å². The minimum atomic E-state index is -2.54. The van der Waals surface area contributed by atoms with Gasteiger partial charge in [0.15, 0.2) is 0 Å². The molecule has 0 spiro atoms. The van der Waals surface area contributed by atoms with E-state index >= 15 is 0 Å². The van der Waals surface area contributed by atoms with Crippen molar-refractivity contribution in [2.24, 2.45) is 0 Å². The molecule has 0 N–H and O–H groups in total. The van der Waals surface area contributed by atoms with Gasteiger partial charge in [0.05, 0.1) is 6.10 Å². The van der Waals surface area contributed by atoms with Crippen molar-refractivity contribution in [2.75, 3.05) is 6.61 Å². The fourth-order valence-corrected chi connectivity index (χ4v) is 0.702. The van der Waals surface area contributed by atoms with E-state index in [1.165, 1.54) is 0 Å². The van der Waals surface area contributed by atoms with Crippen LogP contribution in [0.2, 0.25) is 0 Å². The van der Waals surface area contributed by atoms with Crippen molar-refractivity contribution in [1.82, 2.24) is 0 Å². The average molecular weight is 166 g/mol. The van der Waals surface area contributed by atoms with E-state index in [2.05, 4.69) is 0 Å². The molecule has 0 fully saturated rings. The fourth-order valence-electron chi connectivity index (χ4n) is 0.702. The lowest BCUT2D eigenvalue weighted by molar-refractivity contribution is -0.00369. The van der Waals surface area contributed by atoms with Gasteiger partial charge < -0.3 is 4.74 Å². The first-order chi connectivity index (χ1) is 4.92. The zero-order valence-corrected chi connectivity index (χ0v) is 7.36. The molecule has 0 heterocycles. The normalized spacial score (nSPS) is 12.5. The fraction of sp³-hybridized carbons (Fsp3) is 1.00. The number of ether oxygens (including phenoxy) is 1. The van der Waals surface area contributed by atoms with Gasteiger partial charge >= 0.3 is 0 Å². The third-order valence-corrected chi connectivity index (χ3v) is 1.21. The summed E-state index contributed by atoms with van der Waals surface area (Å²) in [6.45, 7) is 5.15. The summed E-state index contributed by atoms with van der Waals surface area (Å²) >= 11 is 0. The zero-order valence-electron chi connectivity index (χ0n) is 7.36. The van der Waals surface area contributed by atoms with E-state index in [9.17, 15) is 8.78 Å². The van der Waals surface area contributed by atoms with Crippen LogP contribution >= 0.6 is 0 Å². The third kappa shape index (κ3) is 9.82. The molecule has 0 atom stereocenters. The van der Waals surface area contributed by atoms with Gasteiger partial charge in [-0.1, -0.05) is 0 Å². The summed E-state index contributed by atoms with van der Waals surface area (Å²) < 4.78 is 29.5. The summed E-state index contributed by atoms with van der Waals surface area (Å²) in [6.07, 6.45) is 0.488. The molecule has 0 radical (unpaired) electrons. The summed E-state index contributed by atoms with van der Waals surface area (Å²) in [7, 11) is 0. The van der Waals surface area contributed by atoms with E-state index in [1.54, 1.807) is 0 Å². The van der Waals surface area contributed by atoms with E-state index < -0.39 is 5.92 Å². The minimum Gasteiger partial charge on any atom is -0.379 e. The Hall–Kier alpha value is -0.180. The molecule has 0 saturated carbocycles. The Morgan fingerprint density at radius 1 is 1.36 bits per heavy atom. The second kappa shape index (κ2) is 4.65. The smallest absolute Gasteiger partial charge is 0.245 e. The molecule has 0 aromatic heterocycles. The lowest BCUT2D eigenvalue weighted by Gasteiger charge is -2.10. The van der Waals surface area contributed by atoms with Crippen LogP contribution in [-0.2, 0) is 4.74 Å². The van der Waals surface area contributed by atoms with Crippen LogP contribution in [0.3, 0.4) is 0 Å². The van der Waals surface area contributed by atoms with Crippen molar-refractivity contribution in [3.05, 3.63) is 0 Å². The molecule has 0 aliphatic carbocycles. The van der Waals surface area contributed by atoms with Crippen LogP contribution in [0.15, 0.2) is 0 Å². The number of alkyl halides is 2. The summed E-state index contributed by atoms with van der Waals surface area (Å²) in [5, 5.41) is 0. The lowest BCUT2D eigenvalue weighted by Crippen LogP contribution is -2.12. The first-order valence-electron chi connectivity index (χ1n) is 3.91. The van der Waals surface area contributed by atoms with Gasteiger partial charge in [0.25, 0.3) is 0 Å². The van der Waals surface area contributed by atoms with Crippen LogP contribution in [-0.4, -0.2) is 18.6 Å². The van der Waals surface area contributed by atoms with Gasteiger partial charge in [-0.2, -0.15) is 0 Å². The van der Waals surface area contributed by atoms with Gasteiger partial charge in [-0.05, 0) is 27.2 Å². The first kappa shape index (κ1) is 10.8. The molecule has 68 valence electrons. The monoisotopic (exact) mass is 166 g/mol. The molecule has 0 bridgehead atoms. The molecular formula is C8H16F2O. The molecule has 0 amide bonds. The maximum atomic E-state index is 12.2. The summed E-state index contributed by atoms with van der Waals surface area (Å²) in [6, 6.07) is 0. The molecule has 0 unspecified atom stereocenters. The summed E-state index contributed by atoms with van der Waals surface area (Å²) in [5.74, 6) is -2.54. The maximum absolute atomic E-state index is 12.2. The third-order valence-electron chi connectivity index (χ3n) is 1.21. The Bertz CT molecular complexity index is 96.8. The second-order valence-electron chi connectivity index (χ2n) is 3.09. The van der Waals surface area contributed by atoms with Crippen molar-refractivity contribution in [3.63, 3.8) is 0 Å². The molecule has 0 aliphatic rings. The van der Waals surface area contributed by atoms with E-state index in [0.717, 1.165) is 6.92 Å². The van der Waals surface area contributed by atoms with Crippen molar-refractivity contribution in [3.8, 4) is 0 Å². The Labute approximate surface area is 66.7 Å². The highest BCUT2D eigenvalue weighted by molar-refractivity contribution is 4.57. The number of halogens is 2. The molecule has 3 heteroatoms. The Kier molecular flexibility index (Phi) is 4.57. The number of hydrogen-bond acceptors (Lipinski definition) is 1. The standard InChI is InChI=1S/C8H16F2O/c1-7(2)11-6-4-5-8(3,9)10/h7H,4-6H2,1-3H3. The van der Waals surface area contributed by atoms with Crippen LogP contribution in [0.5, 0.6) is 0 Å². The Morgan fingerprint density at radius 3 is 2.27 bits per heavy atom. The maximum Gasteiger partial charge on any atom is 0.245 e. The molecule has 1 nitrogen and oxygen atoms in total. The van der Waals surface area contributed by atoms with E-state index in [1.807, 2.05) is 13.8 Å². The van der Waals surface area contributed by atoms with Gasteiger partial charge in [0.2, 0.25) is 5.92 Å². The van der Waals surface area contributed by atoms with Crippen molar-refractivity contribution < 1.29 is 13.5 Å². The van der Waals surface area contributed by atoms with Gasteiger partial charge in [-0.25, -0.2) is 8.78 Å². The quantitative estimate of drug-likeness (QED) is 0.570. The van der Waals surface area contributed by atoms with Crippen molar-refractivity contribution >= 4 is 0 Å². The van der Waals surface area contributed by atoms with Crippen molar-refractivity contribution in [1.29, 1.82) is 0 Å². The molecule has 11 heavy (non-hydrogen) atoms. The van der Waals surface area contributed by atoms with Crippen molar-refractivity contribution in [2.45, 2.75) is 45.6 Å². The van der Waals surface area contributed by atoms with Crippen LogP contribution in [0.1, 0.15) is 33.6 Å². The highest BCUT2D eigenvalue weighted by Crippen LogP contribution is 2.18. The summed E-state index contributed by atoms with van der Waals surface area (Å²) in [5.41, 5.74) is 0. The molecule has 0 aliphatic heterocycles.